The Hall–Kier alpha value is -5.18. The number of thioether (sulfide) groups is 1. The first-order chi connectivity index (χ1) is 34.7. The zero-order valence-corrected chi connectivity index (χ0v) is 43.1. The minimum Gasteiger partial charge on any atom is -0.379 e. The average molecular weight is 1020 g/mol. The van der Waals surface area contributed by atoms with Crippen LogP contribution in [0.2, 0.25) is 0 Å². The van der Waals surface area contributed by atoms with Crippen LogP contribution in [-0.4, -0.2) is 151 Å². The Bertz CT molecular complexity index is 2170. The van der Waals surface area contributed by atoms with Crippen molar-refractivity contribution in [3.63, 3.8) is 0 Å². The van der Waals surface area contributed by atoms with Crippen molar-refractivity contribution in [1.82, 2.24) is 31.2 Å². The van der Waals surface area contributed by atoms with Gasteiger partial charge in [0.2, 0.25) is 23.6 Å². The average Bonchev–Trinajstić information content (AvgIpc) is 4.19. The van der Waals surface area contributed by atoms with Crippen LogP contribution in [0.15, 0.2) is 30.5 Å². The third kappa shape index (κ3) is 18.1. The second kappa shape index (κ2) is 30.1. The number of Topliss-reactive ketones (excluding diaryl/α,β-unsaturated/α-hetero) is 4. The largest absolute Gasteiger partial charge is 0.379 e. The maximum Gasteiger partial charge on any atom is 0.315 e. The molecule has 6 amide bonds. The van der Waals surface area contributed by atoms with Gasteiger partial charge in [-0.1, -0.05) is 44.9 Å². The summed E-state index contributed by atoms with van der Waals surface area (Å²) < 4.78 is 16.6. The SMILES string of the molecule is CCC(C)[C@H](NC(=O)[C@@H](CC(=O)[C@@H]1CCCN1C(=O)CCC(=O)COCCOCCOCCCC(=O)CCCC[C@@H]1SC[C@@H]2NC(=O)N[C@@H]21)Cc1c[nH]c2ccccc12)C(=O)C[C@@H](CCC(N)=O)C(=O)NC. The van der Waals surface area contributed by atoms with E-state index in [0.717, 1.165) is 41.5 Å². The number of aromatic amines is 1. The zero-order chi connectivity index (χ0) is 52.0. The number of H-pyrrole nitrogens is 1. The number of nitrogens with two attached hydrogens (primary N) is 1. The van der Waals surface area contributed by atoms with Crippen molar-refractivity contribution in [1.29, 1.82) is 0 Å². The lowest BCUT2D eigenvalue weighted by Crippen LogP contribution is -2.49. The van der Waals surface area contributed by atoms with E-state index in [1.54, 1.807) is 6.20 Å². The third-order valence-corrected chi connectivity index (χ3v) is 15.6. The van der Waals surface area contributed by atoms with Gasteiger partial charge in [0.25, 0.3) is 0 Å². The van der Waals surface area contributed by atoms with Gasteiger partial charge in [-0.25, -0.2) is 4.79 Å². The van der Waals surface area contributed by atoms with E-state index in [-0.39, 0.29) is 118 Å². The summed E-state index contributed by atoms with van der Waals surface area (Å²) in [6.45, 7) is 5.45. The number of fused-ring (bicyclic) bond motifs is 2. The predicted molar refractivity (Wildman–Crippen MR) is 272 cm³/mol. The molecule has 0 bridgehead atoms. The Morgan fingerprint density at radius 1 is 0.847 bits per heavy atom. The number of benzene rings is 1. The van der Waals surface area contributed by atoms with Gasteiger partial charge < -0.3 is 51.1 Å². The number of ether oxygens (including phenoxy) is 3. The van der Waals surface area contributed by atoms with Crippen LogP contribution in [-0.2, 0) is 59.0 Å². The van der Waals surface area contributed by atoms with Crippen LogP contribution in [0.3, 0.4) is 0 Å². The highest BCUT2D eigenvalue weighted by atomic mass is 32.2. The van der Waals surface area contributed by atoms with Gasteiger partial charge in [-0.15, -0.1) is 0 Å². The molecule has 5 rings (SSSR count). The third-order valence-electron chi connectivity index (χ3n) is 14.1. The highest BCUT2D eigenvalue weighted by Gasteiger charge is 2.43. The number of unbranched alkanes of at least 4 members (excludes halogenated alkanes) is 1. The van der Waals surface area contributed by atoms with E-state index in [9.17, 15) is 43.2 Å². The van der Waals surface area contributed by atoms with Crippen LogP contribution >= 0.6 is 11.8 Å². The minimum atomic E-state index is -0.970. The summed E-state index contributed by atoms with van der Waals surface area (Å²) >= 11 is 1.88. The molecule has 1 unspecified atom stereocenters. The van der Waals surface area contributed by atoms with Crippen LogP contribution < -0.4 is 27.0 Å². The quantitative estimate of drug-likeness (QED) is 0.0419. The molecule has 3 fully saturated rings. The first-order valence-electron chi connectivity index (χ1n) is 25.8. The smallest absolute Gasteiger partial charge is 0.315 e. The number of amides is 6. The number of hydrogen-bond acceptors (Lipinski definition) is 13. The summed E-state index contributed by atoms with van der Waals surface area (Å²) in [7, 11) is 1.44. The molecule has 398 valence electrons. The molecule has 20 heteroatoms. The molecule has 2 aromatic rings. The standard InChI is InChI=1S/C52H77N7O12S/c1-4-33(2)48(44(63)28-34(50(66)54-3)17-19-46(53)64)57-51(67)35(27-36-30-55-40-14-7-6-13-39(36)40)29-43(62)42-15-9-21-59(42)47(65)20-18-38(61)31-71-26-25-70-24-23-69-22-10-12-37(60)11-5-8-16-45-49-41(32-72-45)56-52(68)58-49/h6-7,13-14,30,33-35,41-42,45,48-49,55H,4-5,8-12,15-29,31-32H2,1-3H3,(H2,53,64)(H,54,66)(H,57,67)(H2,56,58,68)/t33?,34-,35-,41+,42+,45+,48+,49+/m1/s1. The first kappa shape index (κ1) is 57.7. The van der Waals surface area contributed by atoms with E-state index in [1.165, 1.54) is 11.9 Å². The second-order valence-electron chi connectivity index (χ2n) is 19.4. The normalized spacial score (nSPS) is 20.0. The van der Waals surface area contributed by atoms with Gasteiger partial charge >= 0.3 is 6.03 Å². The Labute approximate surface area is 427 Å². The fourth-order valence-corrected chi connectivity index (χ4v) is 11.3. The molecular formula is C52H77N7O12S. The molecule has 7 N–H and O–H groups in total. The summed E-state index contributed by atoms with van der Waals surface area (Å²) in [6, 6.07) is 6.18. The summed E-state index contributed by atoms with van der Waals surface area (Å²) in [5.41, 5.74) is 7.01. The van der Waals surface area contributed by atoms with Crippen molar-refractivity contribution < 1.29 is 57.4 Å². The van der Waals surface area contributed by atoms with E-state index in [4.69, 9.17) is 19.9 Å². The van der Waals surface area contributed by atoms with Crippen LogP contribution in [0.1, 0.15) is 116 Å². The Balaban J connectivity index is 1.000. The molecule has 0 radical (unpaired) electrons. The molecule has 0 spiro atoms. The molecular weight excluding hydrogens is 947 g/mol. The summed E-state index contributed by atoms with van der Waals surface area (Å²) in [5.74, 6) is -3.65. The zero-order valence-electron chi connectivity index (χ0n) is 42.3. The number of carbonyl (C=O) groups excluding carboxylic acids is 9. The molecule has 0 saturated carbocycles. The van der Waals surface area contributed by atoms with E-state index >= 15 is 0 Å². The molecule has 3 aliphatic heterocycles. The van der Waals surface area contributed by atoms with Crippen LogP contribution in [0.4, 0.5) is 4.79 Å². The molecule has 0 aliphatic carbocycles. The molecule has 8 atom stereocenters. The van der Waals surface area contributed by atoms with Crippen LogP contribution in [0.25, 0.3) is 10.9 Å². The summed E-state index contributed by atoms with van der Waals surface area (Å²) in [5, 5.41) is 12.7. The lowest BCUT2D eigenvalue weighted by molar-refractivity contribution is -0.140. The summed E-state index contributed by atoms with van der Waals surface area (Å²) in [6.07, 6.45) is 7.39. The molecule has 19 nitrogen and oxygen atoms in total. The van der Waals surface area contributed by atoms with Crippen LogP contribution in [0, 0.1) is 17.8 Å². The number of para-hydroxylation sites is 1. The van der Waals surface area contributed by atoms with Gasteiger partial charge in [-0.3, -0.25) is 38.4 Å². The Kier molecular flexibility index (Phi) is 24.1. The minimum absolute atomic E-state index is 0.0629. The predicted octanol–water partition coefficient (Wildman–Crippen LogP) is 3.87. The van der Waals surface area contributed by atoms with Crippen molar-refractivity contribution in [3.8, 4) is 0 Å². The van der Waals surface area contributed by atoms with Gasteiger partial charge in [0, 0.05) is 105 Å². The molecule has 4 heterocycles. The van der Waals surface area contributed by atoms with E-state index < -0.39 is 41.6 Å². The molecule has 1 aromatic carbocycles. The number of rotatable bonds is 36. The van der Waals surface area contributed by atoms with Gasteiger partial charge in [-0.2, -0.15) is 11.8 Å². The van der Waals surface area contributed by atoms with Gasteiger partial charge in [0.15, 0.2) is 17.3 Å². The van der Waals surface area contributed by atoms with E-state index in [0.29, 0.717) is 70.1 Å². The fraction of sp³-hybridized carbons (Fsp3) is 0.673. The number of primary amides is 1. The van der Waals surface area contributed by atoms with E-state index in [1.807, 2.05) is 49.9 Å². The maximum atomic E-state index is 14.4. The monoisotopic (exact) mass is 1020 g/mol. The Morgan fingerprint density at radius 2 is 1.58 bits per heavy atom. The van der Waals surface area contributed by atoms with Crippen molar-refractivity contribution in [2.45, 2.75) is 146 Å². The number of nitrogens with one attached hydrogen (secondary N) is 5. The van der Waals surface area contributed by atoms with Crippen LogP contribution in [0.5, 0.6) is 0 Å². The lowest BCUT2D eigenvalue weighted by atomic mass is 9.86. The number of carbonyl (C=O) groups is 9. The second-order valence-corrected chi connectivity index (χ2v) is 20.6. The van der Waals surface area contributed by atoms with Crippen molar-refractivity contribution in [2.75, 3.05) is 59.0 Å². The fourth-order valence-electron chi connectivity index (χ4n) is 9.76. The van der Waals surface area contributed by atoms with Crippen molar-refractivity contribution >= 4 is 75.5 Å². The number of aromatic nitrogens is 1. The van der Waals surface area contributed by atoms with Crippen molar-refractivity contribution in [3.05, 3.63) is 36.0 Å². The number of nitrogens with zero attached hydrogens (tertiary/aromatic N) is 1. The van der Waals surface area contributed by atoms with Gasteiger partial charge in [0.1, 0.15) is 12.4 Å². The lowest BCUT2D eigenvalue weighted by Gasteiger charge is -2.28. The summed E-state index contributed by atoms with van der Waals surface area (Å²) in [4.78, 5) is 121. The number of hydrogen-bond donors (Lipinski definition) is 6. The highest BCUT2D eigenvalue weighted by Crippen LogP contribution is 2.33. The van der Waals surface area contributed by atoms with Crippen molar-refractivity contribution in [2.24, 2.45) is 23.5 Å². The molecule has 1 aromatic heterocycles. The topological polar surface area (TPSA) is 274 Å². The van der Waals surface area contributed by atoms with E-state index in [2.05, 4.69) is 26.3 Å². The number of ketones is 4. The molecule has 72 heavy (non-hydrogen) atoms. The first-order valence-corrected chi connectivity index (χ1v) is 26.9. The number of likely N-dealkylation sites (tertiary alicyclic amines) is 1. The van der Waals surface area contributed by atoms with Gasteiger partial charge in [0.05, 0.1) is 50.6 Å². The Morgan fingerprint density at radius 3 is 2.33 bits per heavy atom. The molecule has 3 saturated heterocycles. The van der Waals surface area contributed by atoms with Gasteiger partial charge in [-0.05, 0) is 62.5 Å². The molecule has 3 aliphatic rings. The number of urea groups is 1. The maximum absolute atomic E-state index is 14.4. The highest BCUT2D eigenvalue weighted by molar-refractivity contribution is 8.00.